The van der Waals surface area contributed by atoms with Gasteiger partial charge >= 0.3 is 0 Å². The Morgan fingerprint density at radius 3 is 2.16 bits per heavy atom. The lowest BCUT2D eigenvalue weighted by Gasteiger charge is -2.16. The van der Waals surface area contributed by atoms with E-state index in [1.807, 2.05) is 6.07 Å². The van der Waals surface area contributed by atoms with Crippen LogP contribution in [0.1, 0.15) is 57.8 Å². The van der Waals surface area contributed by atoms with Crippen molar-refractivity contribution in [2.24, 2.45) is 11.0 Å². The summed E-state index contributed by atoms with van der Waals surface area (Å²) < 4.78 is 0. The van der Waals surface area contributed by atoms with E-state index in [9.17, 15) is 10.1 Å². The van der Waals surface area contributed by atoms with Gasteiger partial charge in [0, 0.05) is 5.92 Å². The molecule has 0 aromatic rings. The summed E-state index contributed by atoms with van der Waals surface area (Å²) in [6.45, 7) is 7.29. The van der Waals surface area contributed by atoms with Gasteiger partial charge in [0.15, 0.2) is 5.78 Å². The second-order valence-corrected chi connectivity index (χ2v) is 6.24. The van der Waals surface area contributed by atoms with E-state index in [1.54, 1.807) is 30.4 Å². The summed E-state index contributed by atoms with van der Waals surface area (Å²) in [7, 11) is 0. The lowest BCUT2D eigenvalue weighted by molar-refractivity contribution is -0.116. The Balaban J connectivity index is 2.77. The fourth-order valence-corrected chi connectivity index (χ4v) is 2.91. The van der Waals surface area contributed by atoms with Crippen molar-refractivity contribution in [1.29, 1.82) is 5.26 Å². The Morgan fingerprint density at radius 1 is 1.04 bits per heavy atom. The Kier molecular flexibility index (Phi) is 10.7. The highest BCUT2D eigenvalue weighted by Gasteiger charge is 2.23. The smallest absolute Gasteiger partial charge is 0.203 e. The Hall–Kier alpha value is -2.41. The minimum absolute atomic E-state index is 0.0532. The number of Topliss-reactive ketones (excluding diaryl/α,β-unsaturated/α-hetero) is 1. The van der Waals surface area contributed by atoms with Crippen LogP contribution >= 0.6 is 0 Å². The van der Waals surface area contributed by atoms with Crippen LogP contribution in [-0.4, -0.2) is 11.5 Å². The highest BCUT2D eigenvalue weighted by Crippen LogP contribution is 2.22. The van der Waals surface area contributed by atoms with Crippen LogP contribution < -0.4 is 5.43 Å². The number of nitrogens with one attached hydrogen (secondary N) is 1. The van der Waals surface area contributed by atoms with Crippen LogP contribution in [0.5, 0.6) is 0 Å². The predicted octanol–water partition coefficient (Wildman–Crippen LogP) is 4.98. The maximum absolute atomic E-state index is 12.7. The Bertz CT molecular complexity index is 568. The maximum atomic E-state index is 12.7. The van der Waals surface area contributed by atoms with Crippen molar-refractivity contribution < 1.29 is 4.79 Å². The summed E-state index contributed by atoms with van der Waals surface area (Å²) in [5.74, 6) is -0.226. The number of hydrogen-bond donors (Lipinski definition) is 1. The fraction of sp³-hybridized carbons (Fsp3) is 0.476. The molecule has 0 aromatic heterocycles. The second kappa shape index (κ2) is 12.9. The zero-order valence-electron chi connectivity index (χ0n) is 15.0. The third-order valence-electron chi connectivity index (χ3n) is 4.35. The molecule has 1 aliphatic carbocycles. The first-order chi connectivity index (χ1) is 12.2. The molecule has 134 valence electrons. The summed E-state index contributed by atoms with van der Waals surface area (Å²) in [6.07, 6.45) is 18.5. The SMILES string of the molecule is C=C/C=C\C=C(/C=C)N/N=C(\C#N)C(=O)C1CCCCCCCCC1. The topological polar surface area (TPSA) is 65.2 Å². The number of nitriles is 1. The van der Waals surface area contributed by atoms with Gasteiger partial charge in [0.05, 0.1) is 5.70 Å². The lowest BCUT2D eigenvalue weighted by atomic mass is 9.88. The molecule has 1 fully saturated rings. The monoisotopic (exact) mass is 339 g/mol. The average Bonchev–Trinajstić information content (AvgIpc) is 2.64. The van der Waals surface area contributed by atoms with Gasteiger partial charge in [-0.05, 0) is 25.0 Å². The number of ketones is 1. The lowest BCUT2D eigenvalue weighted by Crippen LogP contribution is -2.25. The number of carbonyl (C=O) groups is 1. The first-order valence-corrected chi connectivity index (χ1v) is 9.12. The molecule has 0 bridgehead atoms. The first kappa shape index (κ1) is 20.6. The highest BCUT2D eigenvalue weighted by atomic mass is 16.1. The van der Waals surface area contributed by atoms with E-state index in [1.165, 1.54) is 32.1 Å². The van der Waals surface area contributed by atoms with Gasteiger partial charge in [-0.3, -0.25) is 10.2 Å². The molecule has 1 aliphatic rings. The van der Waals surface area contributed by atoms with Crippen molar-refractivity contribution in [1.82, 2.24) is 5.43 Å². The van der Waals surface area contributed by atoms with Gasteiger partial charge in [-0.1, -0.05) is 76.3 Å². The molecule has 0 spiro atoms. The Morgan fingerprint density at radius 2 is 1.64 bits per heavy atom. The first-order valence-electron chi connectivity index (χ1n) is 9.12. The second-order valence-electron chi connectivity index (χ2n) is 6.24. The largest absolute Gasteiger partial charge is 0.291 e. The summed E-state index contributed by atoms with van der Waals surface area (Å²) in [6, 6.07) is 1.95. The summed E-state index contributed by atoms with van der Waals surface area (Å²) in [5, 5.41) is 13.4. The molecule has 0 heterocycles. The summed E-state index contributed by atoms with van der Waals surface area (Å²) in [5.41, 5.74) is 3.31. The van der Waals surface area contributed by atoms with Crippen LogP contribution in [0.15, 0.2) is 54.3 Å². The van der Waals surface area contributed by atoms with Gasteiger partial charge in [-0.2, -0.15) is 10.4 Å². The molecule has 1 saturated carbocycles. The highest BCUT2D eigenvalue weighted by molar-refractivity contribution is 6.46. The standard InChI is InChI=1S/C21H29N3O/c1-3-5-11-16-19(4-2)23-24-20(17-22)21(25)18-14-12-9-7-6-8-10-13-15-18/h3-5,11,16,18,23H,1-2,6-10,12-15H2/b11-5-,19-16+,24-20+. The average molecular weight is 339 g/mol. The van der Waals surface area contributed by atoms with Crippen molar-refractivity contribution in [2.45, 2.75) is 57.8 Å². The number of allylic oxidation sites excluding steroid dienone is 5. The van der Waals surface area contributed by atoms with Crippen molar-refractivity contribution in [2.75, 3.05) is 0 Å². The molecule has 0 unspecified atom stereocenters. The van der Waals surface area contributed by atoms with Crippen LogP contribution in [0.3, 0.4) is 0 Å². The molecule has 4 nitrogen and oxygen atoms in total. The minimum Gasteiger partial charge on any atom is -0.291 e. The summed E-state index contributed by atoms with van der Waals surface area (Å²) >= 11 is 0. The zero-order chi connectivity index (χ0) is 18.3. The van der Waals surface area contributed by atoms with E-state index in [0.717, 1.165) is 25.7 Å². The van der Waals surface area contributed by atoms with Crippen LogP contribution in [0.4, 0.5) is 0 Å². The molecule has 0 saturated heterocycles. The van der Waals surface area contributed by atoms with Crippen molar-refractivity contribution >= 4 is 11.5 Å². The molecule has 1 N–H and O–H groups in total. The minimum atomic E-state index is -0.138. The van der Waals surface area contributed by atoms with E-state index in [4.69, 9.17) is 0 Å². The molecule has 0 radical (unpaired) electrons. The van der Waals surface area contributed by atoms with E-state index in [2.05, 4.69) is 23.7 Å². The third-order valence-corrected chi connectivity index (χ3v) is 4.35. The van der Waals surface area contributed by atoms with Crippen LogP contribution in [0.2, 0.25) is 0 Å². The number of nitrogens with zero attached hydrogens (tertiary/aromatic N) is 2. The normalized spacial score (nSPS) is 18.4. The van der Waals surface area contributed by atoms with E-state index in [-0.39, 0.29) is 17.4 Å². The quantitative estimate of drug-likeness (QED) is 0.404. The molecular weight excluding hydrogens is 310 g/mol. The Labute approximate surface area is 151 Å². The molecule has 25 heavy (non-hydrogen) atoms. The molecular formula is C21H29N3O. The number of hydrogen-bond acceptors (Lipinski definition) is 4. The van der Waals surface area contributed by atoms with E-state index < -0.39 is 0 Å². The van der Waals surface area contributed by atoms with Gasteiger partial charge in [-0.15, -0.1) is 0 Å². The van der Waals surface area contributed by atoms with E-state index >= 15 is 0 Å². The number of carbonyl (C=O) groups excluding carboxylic acids is 1. The molecule has 4 heteroatoms. The number of hydrazone groups is 1. The van der Waals surface area contributed by atoms with Gasteiger partial charge in [0.25, 0.3) is 0 Å². The number of rotatable bonds is 7. The molecule has 0 aliphatic heterocycles. The van der Waals surface area contributed by atoms with E-state index in [0.29, 0.717) is 5.70 Å². The fourth-order valence-electron chi connectivity index (χ4n) is 2.91. The van der Waals surface area contributed by atoms with Gasteiger partial charge in [0.1, 0.15) is 6.07 Å². The van der Waals surface area contributed by atoms with Crippen molar-refractivity contribution in [3.8, 4) is 6.07 Å². The van der Waals surface area contributed by atoms with Gasteiger partial charge in [0.2, 0.25) is 5.71 Å². The molecule has 0 atom stereocenters. The van der Waals surface area contributed by atoms with Gasteiger partial charge in [-0.25, -0.2) is 0 Å². The van der Waals surface area contributed by atoms with Crippen LogP contribution in [-0.2, 0) is 4.79 Å². The van der Waals surface area contributed by atoms with Crippen LogP contribution in [0, 0.1) is 17.2 Å². The summed E-state index contributed by atoms with van der Waals surface area (Å²) in [4.78, 5) is 12.7. The molecule has 0 aromatic carbocycles. The zero-order valence-corrected chi connectivity index (χ0v) is 15.0. The third kappa shape index (κ3) is 8.30. The molecule has 0 amide bonds. The van der Waals surface area contributed by atoms with Crippen LogP contribution in [0.25, 0.3) is 0 Å². The predicted molar refractivity (Wildman–Crippen MR) is 104 cm³/mol. The van der Waals surface area contributed by atoms with Crippen molar-refractivity contribution in [3.63, 3.8) is 0 Å². The molecule has 1 rings (SSSR count). The maximum Gasteiger partial charge on any atom is 0.203 e. The van der Waals surface area contributed by atoms with Gasteiger partial charge < -0.3 is 0 Å². The van der Waals surface area contributed by atoms with Crippen molar-refractivity contribution in [3.05, 3.63) is 49.2 Å².